The molecule has 1 aliphatic heterocycles. The van der Waals surface area contributed by atoms with Crippen molar-refractivity contribution >= 4 is 12.0 Å². The van der Waals surface area contributed by atoms with Crippen molar-refractivity contribution in [2.75, 3.05) is 13.2 Å². The van der Waals surface area contributed by atoms with E-state index >= 15 is 0 Å². The van der Waals surface area contributed by atoms with Gasteiger partial charge in [0.15, 0.2) is 0 Å². The first-order valence-corrected chi connectivity index (χ1v) is 11.4. The highest BCUT2D eigenvalue weighted by molar-refractivity contribution is 5.79. The van der Waals surface area contributed by atoms with Crippen molar-refractivity contribution in [2.24, 2.45) is 0 Å². The molecule has 8 heteroatoms. The van der Waals surface area contributed by atoms with Crippen molar-refractivity contribution < 1.29 is 28.2 Å². The fourth-order valence-electron chi connectivity index (χ4n) is 4.34. The van der Waals surface area contributed by atoms with Crippen molar-refractivity contribution in [1.82, 2.24) is 10.2 Å². The number of hydrogen-bond acceptors (Lipinski definition) is 3. The van der Waals surface area contributed by atoms with Crippen LogP contribution in [0.4, 0.5) is 13.6 Å². The Kier molecular flexibility index (Phi) is 7.29. The van der Waals surface area contributed by atoms with E-state index in [1.807, 2.05) is 6.92 Å². The molecule has 0 fully saturated rings. The number of fused-ring (bicyclic) bond motifs is 1. The summed E-state index contributed by atoms with van der Waals surface area (Å²) in [4.78, 5) is 25.7. The van der Waals surface area contributed by atoms with Crippen molar-refractivity contribution in [2.45, 2.75) is 32.9 Å². The molecule has 0 saturated heterocycles. The van der Waals surface area contributed by atoms with E-state index in [-0.39, 0.29) is 31.4 Å². The van der Waals surface area contributed by atoms with Crippen molar-refractivity contribution in [1.29, 1.82) is 0 Å². The quantitative estimate of drug-likeness (QED) is 0.503. The second-order valence-electron chi connectivity index (χ2n) is 8.31. The topological polar surface area (TPSA) is 78.9 Å². The second-order valence-corrected chi connectivity index (χ2v) is 8.31. The largest absolute Gasteiger partial charge is 0.493 e. The van der Waals surface area contributed by atoms with E-state index in [4.69, 9.17) is 4.74 Å². The van der Waals surface area contributed by atoms with Crippen LogP contribution in [0, 0.1) is 11.6 Å². The van der Waals surface area contributed by atoms with Gasteiger partial charge in [0.05, 0.1) is 13.0 Å². The van der Waals surface area contributed by atoms with Crippen LogP contribution in [-0.4, -0.2) is 35.2 Å². The summed E-state index contributed by atoms with van der Waals surface area (Å²) in [5.74, 6) is -1.16. The van der Waals surface area contributed by atoms with Crippen LogP contribution in [0.5, 0.6) is 5.75 Å². The predicted octanol–water partition coefficient (Wildman–Crippen LogP) is 4.93. The van der Waals surface area contributed by atoms with Gasteiger partial charge in [0.1, 0.15) is 17.4 Å². The zero-order valence-corrected chi connectivity index (χ0v) is 19.3. The summed E-state index contributed by atoms with van der Waals surface area (Å²) >= 11 is 0. The van der Waals surface area contributed by atoms with Gasteiger partial charge in [-0.2, -0.15) is 0 Å². The minimum absolute atomic E-state index is 0.0383. The monoisotopic (exact) mass is 480 g/mol. The predicted molar refractivity (Wildman–Crippen MR) is 127 cm³/mol. The lowest BCUT2D eigenvalue weighted by molar-refractivity contribution is -0.136. The summed E-state index contributed by atoms with van der Waals surface area (Å²) in [7, 11) is 0. The molecule has 3 aromatic rings. The van der Waals surface area contributed by atoms with Gasteiger partial charge in [-0.25, -0.2) is 13.6 Å². The van der Waals surface area contributed by atoms with Crippen molar-refractivity contribution in [3.8, 4) is 16.9 Å². The molecule has 3 aromatic carbocycles. The molecule has 0 radical (unpaired) electrons. The number of rotatable bonds is 7. The third kappa shape index (κ3) is 5.42. The van der Waals surface area contributed by atoms with E-state index in [0.717, 1.165) is 0 Å². The van der Waals surface area contributed by atoms with Gasteiger partial charge in [-0.05, 0) is 59.9 Å². The minimum Gasteiger partial charge on any atom is -0.493 e. The molecule has 0 bridgehead atoms. The number of hydrogen-bond donors (Lipinski definition) is 2. The van der Waals surface area contributed by atoms with Crippen LogP contribution in [0.3, 0.4) is 0 Å². The molecule has 2 N–H and O–H groups in total. The van der Waals surface area contributed by atoms with Crippen LogP contribution in [0.2, 0.25) is 0 Å². The van der Waals surface area contributed by atoms with Gasteiger partial charge in [0.2, 0.25) is 0 Å². The van der Waals surface area contributed by atoms with Crippen LogP contribution >= 0.6 is 0 Å². The maximum Gasteiger partial charge on any atom is 0.317 e. The number of carboxylic acids is 1. The Bertz CT molecular complexity index is 1260. The Balaban J connectivity index is 1.64. The number of nitrogens with one attached hydrogen (secondary N) is 1. The first-order valence-electron chi connectivity index (χ1n) is 11.4. The summed E-state index contributed by atoms with van der Waals surface area (Å²) in [6.45, 7) is 2.75. The molecule has 6 nitrogen and oxygen atoms in total. The minimum atomic E-state index is -0.959. The maximum atomic E-state index is 14.7. The maximum absolute atomic E-state index is 14.7. The molecule has 35 heavy (non-hydrogen) atoms. The van der Waals surface area contributed by atoms with Crippen LogP contribution < -0.4 is 10.1 Å². The summed E-state index contributed by atoms with van der Waals surface area (Å²) < 4.78 is 34.4. The van der Waals surface area contributed by atoms with Crippen LogP contribution in [-0.2, 0) is 30.7 Å². The molecule has 0 atom stereocenters. The highest BCUT2D eigenvalue weighted by Crippen LogP contribution is 2.38. The standard InChI is InChI=1S/C27H26F2N2O4/c1-2-35-25-10-7-17(14-26(32)33)13-21(25)19-8-9-24(29)20-11-12-31(16-22(19)20)27(34)30-15-18-5-3-4-6-23(18)28/h3-10,13H,2,11-12,14-16H2,1H3,(H,30,34)(H,32,33). The van der Waals surface area contributed by atoms with Crippen molar-refractivity contribution in [3.05, 3.63) is 88.5 Å². The number of benzene rings is 3. The lowest BCUT2D eigenvalue weighted by atomic mass is 9.89. The zero-order chi connectivity index (χ0) is 24.9. The summed E-state index contributed by atoms with van der Waals surface area (Å²) in [6, 6.07) is 14.0. The summed E-state index contributed by atoms with van der Waals surface area (Å²) in [6.07, 6.45) is 0.161. The number of ether oxygens (including phenoxy) is 1. The van der Waals surface area contributed by atoms with E-state index in [1.54, 1.807) is 47.4 Å². The fraction of sp³-hybridized carbons (Fsp3) is 0.259. The molecule has 2 amide bonds. The highest BCUT2D eigenvalue weighted by Gasteiger charge is 2.26. The third-order valence-corrected chi connectivity index (χ3v) is 6.02. The lowest BCUT2D eigenvalue weighted by Crippen LogP contribution is -2.43. The first-order chi connectivity index (χ1) is 16.9. The van der Waals surface area contributed by atoms with Crippen LogP contribution in [0.25, 0.3) is 11.1 Å². The Morgan fingerprint density at radius 3 is 2.57 bits per heavy atom. The number of amides is 2. The number of urea groups is 1. The van der Waals surface area contributed by atoms with E-state index in [1.165, 1.54) is 12.1 Å². The Morgan fingerprint density at radius 1 is 1.03 bits per heavy atom. The van der Waals surface area contributed by atoms with Gasteiger partial charge in [-0.1, -0.05) is 30.3 Å². The number of carbonyl (C=O) groups excluding carboxylic acids is 1. The zero-order valence-electron chi connectivity index (χ0n) is 19.3. The number of carbonyl (C=O) groups is 2. The van der Waals surface area contributed by atoms with E-state index in [9.17, 15) is 23.5 Å². The highest BCUT2D eigenvalue weighted by atomic mass is 19.1. The van der Waals surface area contributed by atoms with Gasteiger partial charge in [-0.15, -0.1) is 0 Å². The number of carboxylic acid groups (broad SMARTS) is 1. The molecule has 1 heterocycles. The molecule has 0 aliphatic carbocycles. The molecular formula is C27H26F2N2O4. The Morgan fingerprint density at radius 2 is 1.83 bits per heavy atom. The fourth-order valence-corrected chi connectivity index (χ4v) is 4.34. The third-order valence-electron chi connectivity index (χ3n) is 6.02. The van der Waals surface area contributed by atoms with E-state index in [0.29, 0.717) is 58.7 Å². The smallest absolute Gasteiger partial charge is 0.317 e. The molecule has 0 unspecified atom stereocenters. The molecule has 0 spiro atoms. The number of aliphatic carboxylic acids is 1. The lowest BCUT2D eigenvalue weighted by Gasteiger charge is -2.31. The van der Waals surface area contributed by atoms with Gasteiger partial charge >= 0.3 is 12.0 Å². The van der Waals surface area contributed by atoms with Gasteiger partial charge < -0.3 is 20.1 Å². The average molecular weight is 481 g/mol. The molecule has 4 rings (SSSR count). The number of nitrogens with zero attached hydrogens (tertiary/aromatic N) is 1. The Hall–Kier alpha value is -3.94. The van der Waals surface area contributed by atoms with Gasteiger partial charge in [-0.3, -0.25) is 4.79 Å². The SMILES string of the molecule is CCOc1ccc(CC(=O)O)cc1-c1ccc(F)c2c1CN(C(=O)NCc1ccccc1F)CC2. The molecule has 0 aromatic heterocycles. The average Bonchev–Trinajstić information content (AvgIpc) is 2.84. The van der Waals surface area contributed by atoms with E-state index < -0.39 is 11.8 Å². The van der Waals surface area contributed by atoms with E-state index in [2.05, 4.69) is 5.32 Å². The molecule has 0 saturated carbocycles. The van der Waals surface area contributed by atoms with Crippen molar-refractivity contribution in [3.63, 3.8) is 0 Å². The molecule has 182 valence electrons. The second kappa shape index (κ2) is 10.5. The Labute approximate surface area is 202 Å². The molecule has 1 aliphatic rings. The number of halogens is 2. The van der Waals surface area contributed by atoms with Crippen LogP contribution in [0.1, 0.15) is 29.2 Å². The molecular weight excluding hydrogens is 454 g/mol. The first kappa shape index (κ1) is 24.2. The summed E-state index contributed by atoms with van der Waals surface area (Å²) in [5.41, 5.74) is 3.46. The van der Waals surface area contributed by atoms with Gasteiger partial charge in [0, 0.05) is 30.8 Å². The van der Waals surface area contributed by atoms with Gasteiger partial charge in [0.25, 0.3) is 0 Å². The van der Waals surface area contributed by atoms with Crippen LogP contribution in [0.15, 0.2) is 54.6 Å². The normalized spacial score (nSPS) is 12.7. The summed E-state index contributed by atoms with van der Waals surface area (Å²) in [5, 5.41) is 12.0.